The van der Waals surface area contributed by atoms with Crippen LogP contribution in [-0.4, -0.2) is 60.6 Å². The van der Waals surface area contributed by atoms with E-state index in [2.05, 4.69) is 40.3 Å². The Labute approximate surface area is 209 Å². The van der Waals surface area contributed by atoms with Gasteiger partial charge in [0.2, 0.25) is 11.8 Å². The average Bonchev–Trinajstić information content (AvgIpc) is 3.57. The van der Waals surface area contributed by atoms with Gasteiger partial charge in [-0.1, -0.05) is 11.6 Å². The predicted molar refractivity (Wildman–Crippen MR) is 138 cm³/mol. The summed E-state index contributed by atoms with van der Waals surface area (Å²) in [5.41, 5.74) is 7.26. The van der Waals surface area contributed by atoms with E-state index in [1.165, 1.54) is 27.3 Å². The number of ether oxygens (including phenoxy) is 1. The molecule has 1 aromatic carbocycles. The molecule has 5 heterocycles. The molecule has 8 heteroatoms. The molecule has 0 spiro atoms. The topological polar surface area (TPSA) is 74.8 Å². The van der Waals surface area contributed by atoms with E-state index in [-0.39, 0.29) is 17.9 Å². The molecule has 2 saturated heterocycles. The Morgan fingerprint density at radius 2 is 1.94 bits per heavy atom. The van der Waals surface area contributed by atoms with Gasteiger partial charge in [0.05, 0.1) is 28.9 Å². The Hall–Kier alpha value is -2.81. The summed E-state index contributed by atoms with van der Waals surface area (Å²) in [5.74, 6) is -0.163. The van der Waals surface area contributed by atoms with E-state index in [1.807, 2.05) is 12.3 Å². The number of methoxy groups -OCH3 is 1. The van der Waals surface area contributed by atoms with Crippen LogP contribution in [0.5, 0.6) is 0 Å². The second-order valence-electron chi connectivity index (χ2n) is 9.78. The summed E-state index contributed by atoms with van der Waals surface area (Å²) in [5, 5.41) is 3.51. The van der Waals surface area contributed by atoms with Crippen LogP contribution in [0.2, 0.25) is 0 Å². The van der Waals surface area contributed by atoms with E-state index in [0.717, 1.165) is 53.1 Å². The molecule has 7 nitrogen and oxygen atoms in total. The van der Waals surface area contributed by atoms with Crippen molar-refractivity contribution in [2.24, 2.45) is 0 Å². The largest absolute Gasteiger partial charge is 0.378 e. The first-order valence-electron chi connectivity index (χ1n) is 12.4. The third-order valence-corrected chi connectivity index (χ3v) is 8.66. The van der Waals surface area contributed by atoms with Gasteiger partial charge < -0.3 is 15.0 Å². The third-order valence-electron chi connectivity index (χ3n) is 7.52. The van der Waals surface area contributed by atoms with E-state index in [9.17, 15) is 9.59 Å². The molecule has 2 fully saturated rings. The molecule has 2 amide bonds. The number of carbonyl (C=O) groups excluding carboxylic acids is 2. The standard InChI is InChI=1S/C27H30N4O3S/c1-16-10-17-4-3-9-30(22-13-28-14-23(22)34-2)26(17)20(11-16)19-7-8-29-21-12-18(35-27(19)21)15-31-24(32)5-6-25(31)33/h7-8,10-12,22-23,28H,3-6,9,13-15H2,1-2H3/t22-,23-/m0/s1. The maximum absolute atomic E-state index is 12.2. The van der Waals surface area contributed by atoms with Crippen molar-refractivity contribution in [2.45, 2.75) is 51.3 Å². The smallest absolute Gasteiger partial charge is 0.230 e. The van der Waals surface area contributed by atoms with Gasteiger partial charge in [-0.05, 0) is 43.5 Å². The Kier molecular flexibility index (Phi) is 5.82. The second kappa shape index (κ2) is 9.00. The van der Waals surface area contributed by atoms with Crippen LogP contribution < -0.4 is 10.2 Å². The fraction of sp³-hybridized carbons (Fsp3) is 0.444. The molecule has 3 aliphatic rings. The molecule has 182 valence electrons. The summed E-state index contributed by atoms with van der Waals surface area (Å²) < 4.78 is 6.95. The number of carbonyl (C=O) groups is 2. The van der Waals surface area contributed by atoms with Gasteiger partial charge in [-0.3, -0.25) is 19.5 Å². The van der Waals surface area contributed by atoms with E-state index in [0.29, 0.717) is 25.4 Å². The lowest BCUT2D eigenvalue weighted by atomic mass is 9.90. The monoisotopic (exact) mass is 490 g/mol. The molecule has 0 radical (unpaired) electrons. The van der Waals surface area contributed by atoms with Crippen molar-refractivity contribution in [1.29, 1.82) is 0 Å². The molecule has 0 bridgehead atoms. The van der Waals surface area contributed by atoms with Crippen molar-refractivity contribution >= 4 is 39.1 Å². The van der Waals surface area contributed by atoms with Gasteiger partial charge in [0.25, 0.3) is 0 Å². The maximum atomic E-state index is 12.2. The molecule has 3 aliphatic heterocycles. The van der Waals surface area contributed by atoms with Crippen LogP contribution in [0.4, 0.5) is 5.69 Å². The number of anilines is 1. The summed E-state index contributed by atoms with van der Waals surface area (Å²) >= 11 is 1.64. The number of nitrogens with zero attached hydrogens (tertiary/aromatic N) is 3. The van der Waals surface area contributed by atoms with E-state index in [4.69, 9.17) is 4.74 Å². The van der Waals surface area contributed by atoms with Crippen molar-refractivity contribution in [3.05, 3.63) is 46.5 Å². The first kappa shape index (κ1) is 22.6. The SMILES string of the molecule is CO[C@H]1CNC[C@@H]1N1CCCc2cc(C)cc(-c3ccnc4cc(CN5C(=O)CCC5=O)sc34)c21. The second-order valence-corrected chi connectivity index (χ2v) is 10.9. The van der Waals surface area contributed by atoms with Gasteiger partial charge in [0, 0.05) is 67.5 Å². The van der Waals surface area contributed by atoms with E-state index < -0.39 is 0 Å². The molecule has 6 rings (SSSR count). The third kappa shape index (κ3) is 3.93. The van der Waals surface area contributed by atoms with Crippen LogP contribution in [0, 0.1) is 6.92 Å². The van der Waals surface area contributed by atoms with E-state index in [1.54, 1.807) is 18.4 Å². The number of pyridine rings is 1. The van der Waals surface area contributed by atoms with Gasteiger partial charge >= 0.3 is 0 Å². The molecule has 3 aromatic rings. The van der Waals surface area contributed by atoms with Crippen molar-refractivity contribution in [2.75, 3.05) is 31.6 Å². The molecular formula is C27H30N4O3S. The number of nitrogens with one attached hydrogen (secondary N) is 1. The summed E-state index contributed by atoms with van der Waals surface area (Å²) in [6.07, 6.45) is 4.87. The zero-order valence-corrected chi connectivity index (χ0v) is 21.0. The number of benzene rings is 1. The lowest BCUT2D eigenvalue weighted by Crippen LogP contribution is -2.46. The molecule has 35 heavy (non-hydrogen) atoms. The van der Waals surface area contributed by atoms with Gasteiger partial charge in [0.15, 0.2) is 0 Å². The van der Waals surface area contributed by atoms with Crippen LogP contribution in [0.25, 0.3) is 21.3 Å². The number of aryl methyl sites for hydroxylation is 2. The predicted octanol–water partition coefficient (Wildman–Crippen LogP) is 3.66. The molecule has 2 atom stereocenters. The lowest BCUT2D eigenvalue weighted by Gasteiger charge is -2.39. The fourth-order valence-electron chi connectivity index (χ4n) is 5.90. The van der Waals surface area contributed by atoms with E-state index >= 15 is 0 Å². The maximum Gasteiger partial charge on any atom is 0.230 e. The van der Waals surface area contributed by atoms with Crippen LogP contribution in [0.1, 0.15) is 35.3 Å². The number of imide groups is 1. The summed E-state index contributed by atoms with van der Waals surface area (Å²) in [6.45, 7) is 5.30. The van der Waals surface area contributed by atoms with Gasteiger partial charge in [-0.15, -0.1) is 11.3 Å². The highest BCUT2D eigenvalue weighted by atomic mass is 32.1. The Bertz CT molecular complexity index is 1300. The van der Waals surface area contributed by atoms with Crippen LogP contribution >= 0.6 is 11.3 Å². The van der Waals surface area contributed by atoms with Crippen molar-refractivity contribution < 1.29 is 14.3 Å². The molecule has 2 aromatic heterocycles. The Balaban J connectivity index is 1.45. The molecule has 0 saturated carbocycles. The number of likely N-dealkylation sites (tertiary alicyclic amines) is 1. The minimum atomic E-state index is -0.0816. The van der Waals surface area contributed by atoms with Crippen molar-refractivity contribution in [3.63, 3.8) is 0 Å². The zero-order chi connectivity index (χ0) is 24.1. The molecular weight excluding hydrogens is 460 g/mol. The van der Waals surface area contributed by atoms with Gasteiger partial charge in [-0.2, -0.15) is 0 Å². The van der Waals surface area contributed by atoms with Crippen molar-refractivity contribution in [1.82, 2.24) is 15.2 Å². The minimum absolute atomic E-state index is 0.0816. The normalized spacial score (nSPS) is 22.5. The molecule has 0 unspecified atom stereocenters. The van der Waals surface area contributed by atoms with Crippen LogP contribution in [-0.2, 0) is 27.3 Å². The number of hydrogen-bond donors (Lipinski definition) is 1. The Morgan fingerprint density at radius 1 is 1.11 bits per heavy atom. The number of aromatic nitrogens is 1. The number of rotatable bonds is 5. The lowest BCUT2D eigenvalue weighted by molar-refractivity contribution is -0.138. The van der Waals surface area contributed by atoms with Gasteiger partial charge in [-0.25, -0.2) is 0 Å². The van der Waals surface area contributed by atoms with Crippen LogP contribution in [0.15, 0.2) is 30.5 Å². The quantitative estimate of drug-likeness (QED) is 0.551. The number of amides is 2. The molecule has 0 aliphatic carbocycles. The Morgan fingerprint density at radius 3 is 2.74 bits per heavy atom. The molecule has 1 N–H and O–H groups in total. The minimum Gasteiger partial charge on any atom is -0.378 e. The van der Waals surface area contributed by atoms with Gasteiger partial charge in [0.1, 0.15) is 0 Å². The highest BCUT2D eigenvalue weighted by molar-refractivity contribution is 7.19. The summed E-state index contributed by atoms with van der Waals surface area (Å²) in [7, 11) is 1.81. The van der Waals surface area contributed by atoms with Crippen LogP contribution in [0.3, 0.4) is 0 Å². The fourth-order valence-corrected chi connectivity index (χ4v) is 7.03. The highest BCUT2D eigenvalue weighted by Crippen LogP contribution is 2.44. The summed E-state index contributed by atoms with van der Waals surface area (Å²) in [6, 6.07) is 9.06. The van der Waals surface area contributed by atoms with Crippen molar-refractivity contribution in [3.8, 4) is 11.1 Å². The first-order valence-corrected chi connectivity index (χ1v) is 13.2. The zero-order valence-electron chi connectivity index (χ0n) is 20.2. The number of thiophene rings is 1. The number of hydrogen-bond acceptors (Lipinski definition) is 7. The number of fused-ring (bicyclic) bond motifs is 2. The highest BCUT2D eigenvalue weighted by Gasteiger charge is 2.36. The average molecular weight is 491 g/mol. The first-order chi connectivity index (χ1) is 17.0. The summed E-state index contributed by atoms with van der Waals surface area (Å²) in [4.78, 5) is 33.9.